The molecule has 0 aromatic heterocycles. The average molecular weight is 428 g/mol. The summed E-state index contributed by atoms with van der Waals surface area (Å²) in [4.78, 5) is 26.8. The van der Waals surface area contributed by atoms with Gasteiger partial charge in [0.1, 0.15) is 5.75 Å². The Balaban J connectivity index is 1.34. The minimum atomic E-state index is -0.128. The van der Waals surface area contributed by atoms with Crippen LogP contribution in [0.15, 0.2) is 64.6 Å². The van der Waals surface area contributed by atoms with Gasteiger partial charge in [-0.3, -0.25) is 9.59 Å². The summed E-state index contributed by atoms with van der Waals surface area (Å²) in [5.74, 6) is 1.13. The van der Waals surface area contributed by atoms with Gasteiger partial charge >= 0.3 is 0 Å². The highest BCUT2D eigenvalue weighted by atomic mass is 32.2. The molecule has 0 spiro atoms. The first-order valence-corrected chi connectivity index (χ1v) is 10.8. The molecule has 30 heavy (non-hydrogen) atoms. The number of carbonyl (C=O) groups excluding carboxylic acids is 2. The number of morpholine rings is 1. The van der Waals surface area contributed by atoms with Crippen molar-refractivity contribution in [2.24, 2.45) is 5.10 Å². The van der Waals surface area contributed by atoms with E-state index in [1.807, 2.05) is 42.5 Å². The minimum Gasteiger partial charge on any atom is -0.484 e. The van der Waals surface area contributed by atoms with E-state index >= 15 is 0 Å². The van der Waals surface area contributed by atoms with Gasteiger partial charge in [-0.2, -0.15) is 5.10 Å². The van der Waals surface area contributed by atoms with Crippen molar-refractivity contribution in [2.45, 2.75) is 11.3 Å². The van der Waals surface area contributed by atoms with Crippen molar-refractivity contribution in [3.63, 3.8) is 0 Å². The SMILES string of the molecule is O=C(CCSc1ccccc1)N/N=C\c1ccc(OCC(=O)N2CCOCC2)cc1. The van der Waals surface area contributed by atoms with Gasteiger partial charge in [-0.15, -0.1) is 11.8 Å². The molecule has 0 atom stereocenters. The van der Waals surface area contributed by atoms with E-state index in [1.165, 1.54) is 0 Å². The lowest BCUT2D eigenvalue weighted by Gasteiger charge is -2.26. The monoisotopic (exact) mass is 427 g/mol. The highest BCUT2D eigenvalue weighted by Gasteiger charge is 2.17. The highest BCUT2D eigenvalue weighted by Crippen LogP contribution is 2.17. The van der Waals surface area contributed by atoms with Crippen LogP contribution in [0, 0.1) is 0 Å². The molecule has 158 valence electrons. The van der Waals surface area contributed by atoms with Gasteiger partial charge in [0.2, 0.25) is 5.91 Å². The summed E-state index contributed by atoms with van der Waals surface area (Å²) in [5.41, 5.74) is 3.35. The zero-order chi connectivity index (χ0) is 21.0. The maximum absolute atomic E-state index is 12.1. The third kappa shape index (κ3) is 7.53. The zero-order valence-corrected chi connectivity index (χ0v) is 17.5. The first-order chi connectivity index (χ1) is 14.7. The third-order valence-corrected chi connectivity index (χ3v) is 5.36. The van der Waals surface area contributed by atoms with Crippen molar-refractivity contribution in [3.05, 3.63) is 60.2 Å². The van der Waals surface area contributed by atoms with Crippen LogP contribution < -0.4 is 10.2 Å². The number of hydrogen-bond acceptors (Lipinski definition) is 6. The topological polar surface area (TPSA) is 80.2 Å². The van der Waals surface area contributed by atoms with Crippen LogP contribution in [0.2, 0.25) is 0 Å². The lowest BCUT2D eigenvalue weighted by Crippen LogP contribution is -2.42. The van der Waals surface area contributed by atoms with Crippen molar-refractivity contribution < 1.29 is 19.1 Å². The lowest BCUT2D eigenvalue weighted by molar-refractivity contribution is -0.137. The fourth-order valence-corrected chi connectivity index (χ4v) is 3.58. The summed E-state index contributed by atoms with van der Waals surface area (Å²) in [7, 11) is 0. The van der Waals surface area contributed by atoms with E-state index in [2.05, 4.69) is 10.5 Å². The fraction of sp³-hybridized carbons (Fsp3) is 0.318. The first-order valence-electron chi connectivity index (χ1n) is 9.79. The van der Waals surface area contributed by atoms with Gasteiger partial charge in [0, 0.05) is 30.2 Å². The molecular weight excluding hydrogens is 402 g/mol. The summed E-state index contributed by atoms with van der Waals surface area (Å²) < 4.78 is 10.8. The van der Waals surface area contributed by atoms with Crippen LogP contribution in [-0.2, 0) is 14.3 Å². The lowest BCUT2D eigenvalue weighted by atomic mass is 10.2. The number of carbonyl (C=O) groups is 2. The Labute approximate surface area is 180 Å². The summed E-state index contributed by atoms with van der Waals surface area (Å²) in [6.07, 6.45) is 1.96. The number of nitrogens with zero attached hydrogens (tertiary/aromatic N) is 2. The Kier molecular flexibility index (Phi) is 8.74. The number of rotatable bonds is 9. The number of hydrazone groups is 1. The van der Waals surface area contributed by atoms with Crippen LogP contribution in [-0.4, -0.2) is 61.6 Å². The van der Waals surface area contributed by atoms with Crippen molar-refractivity contribution in [2.75, 3.05) is 38.7 Å². The Morgan fingerprint density at radius 2 is 1.83 bits per heavy atom. The molecule has 1 saturated heterocycles. The molecule has 0 radical (unpaired) electrons. The maximum atomic E-state index is 12.1. The summed E-state index contributed by atoms with van der Waals surface area (Å²) >= 11 is 1.64. The molecule has 2 aromatic carbocycles. The van der Waals surface area contributed by atoms with Crippen LogP contribution in [0.3, 0.4) is 0 Å². The molecule has 1 aliphatic rings. The molecule has 0 unspecified atom stereocenters. The number of benzene rings is 2. The minimum absolute atomic E-state index is 0.00445. The summed E-state index contributed by atoms with van der Waals surface area (Å²) in [5, 5.41) is 3.99. The Bertz CT molecular complexity index is 837. The van der Waals surface area contributed by atoms with E-state index in [0.29, 0.717) is 44.2 Å². The van der Waals surface area contributed by atoms with E-state index in [-0.39, 0.29) is 18.4 Å². The molecule has 1 aliphatic heterocycles. The number of nitrogens with one attached hydrogen (secondary N) is 1. The Morgan fingerprint density at radius 1 is 1.10 bits per heavy atom. The van der Waals surface area contributed by atoms with Gasteiger partial charge in [0.05, 0.1) is 19.4 Å². The Morgan fingerprint density at radius 3 is 2.57 bits per heavy atom. The third-order valence-electron chi connectivity index (χ3n) is 4.35. The van der Waals surface area contributed by atoms with Crippen molar-refractivity contribution >= 4 is 29.8 Å². The van der Waals surface area contributed by atoms with Gasteiger partial charge in [0.25, 0.3) is 5.91 Å². The van der Waals surface area contributed by atoms with Crippen LogP contribution >= 0.6 is 11.8 Å². The van der Waals surface area contributed by atoms with Gasteiger partial charge in [-0.05, 0) is 42.0 Å². The van der Waals surface area contributed by atoms with E-state index in [4.69, 9.17) is 9.47 Å². The quantitative estimate of drug-likeness (QED) is 0.378. The van der Waals surface area contributed by atoms with E-state index in [9.17, 15) is 9.59 Å². The predicted octanol–water partition coefficient (Wildman–Crippen LogP) is 2.56. The largest absolute Gasteiger partial charge is 0.484 e. The zero-order valence-electron chi connectivity index (χ0n) is 16.7. The fourth-order valence-electron chi connectivity index (χ4n) is 2.71. The number of thioether (sulfide) groups is 1. The number of hydrogen-bond donors (Lipinski definition) is 1. The highest BCUT2D eigenvalue weighted by molar-refractivity contribution is 7.99. The van der Waals surface area contributed by atoms with E-state index < -0.39 is 0 Å². The molecule has 1 N–H and O–H groups in total. The predicted molar refractivity (Wildman–Crippen MR) is 117 cm³/mol. The van der Waals surface area contributed by atoms with Gasteiger partial charge in [-0.1, -0.05) is 18.2 Å². The molecule has 3 rings (SSSR count). The summed E-state index contributed by atoms with van der Waals surface area (Å²) in [6.45, 7) is 2.36. The normalized spacial score (nSPS) is 13.9. The second kappa shape index (κ2) is 12.0. The molecular formula is C22H25N3O4S. The van der Waals surface area contributed by atoms with Gasteiger partial charge in [0.15, 0.2) is 6.61 Å². The molecule has 2 amide bonds. The van der Waals surface area contributed by atoms with Crippen molar-refractivity contribution in [1.29, 1.82) is 0 Å². The molecule has 0 saturated carbocycles. The van der Waals surface area contributed by atoms with Gasteiger partial charge < -0.3 is 14.4 Å². The Hall–Kier alpha value is -2.84. The molecule has 8 heteroatoms. The maximum Gasteiger partial charge on any atom is 0.260 e. The molecule has 1 heterocycles. The summed E-state index contributed by atoms with van der Waals surface area (Å²) in [6, 6.07) is 17.1. The van der Waals surface area contributed by atoms with Crippen LogP contribution in [0.4, 0.5) is 0 Å². The standard InChI is InChI=1S/C22H25N3O4S/c26-21(10-15-30-20-4-2-1-3-5-20)24-23-16-18-6-8-19(9-7-18)29-17-22(27)25-11-13-28-14-12-25/h1-9,16H,10-15,17H2,(H,24,26)/b23-16-. The van der Waals surface area contributed by atoms with Crippen LogP contribution in [0.5, 0.6) is 5.75 Å². The molecule has 0 bridgehead atoms. The molecule has 7 nitrogen and oxygen atoms in total. The number of amides is 2. The molecule has 1 fully saturated rings. The second-order valence-electron chi connectivity index (χ2n) is 6.56. The van der Waals surface area contributed by atoms with E-state index in [0.717, 1.165) is 10.5 Å². The second-order valence-corrected chi connectivity index (χ2v) is 7.72. The van der Waals surface area contributed by atoms with Gasteiger partial charge in [-0.25, -0.2) is 5.43 Å². The van der Waals surface area contributed by atoms with Crippen molar-refractivity contribution in [3.8, 4) is 5.75 Å². The molecule has 0 aliphatic carbocycles. The van der Waals surface area contributed by atoms with E-state index in [1.54, 1.807) is 35.0 Å². The number of ether oxygens (including phenoxy) is 2. The molecule has 2 aromatic rings. The average Bonchev–Trinajstić information content (AvgIpc) is 2.79. The van der Waals surface area contributed by atoms with Crippen LogP contribution in [0.25, 0.3) is 0 Å². The van der Waals surface area contributed by atoms with Crippen molar-refractivity contribution in [1.82, 2.24) is 10.3 Å². The van der Waals surface area contributed by atoms with Crippen LogP contribution in [0.1, 0.15) is 12.0 Å². The first kappa shape index (κ1) is 21.9. The smallest absolute Gasteiger partial charge is 0.260 e.